The molecule has 1 atom stereocenters. The van der Waals surface area contributed by atoms with Crippen LogP contribution >= 0.6 is 0 Å². The Balaban J connectivity index is 2.55. The van der Waals surface area contributed by atoms with Crippen LogP contribution in [0.4, 0.5) is 0 Å². The number of dihydropyridines is 1. The van der Waals surface area contributed by atoms with E-state index in [2.05, 4.69) is 5.32 Å². The first-order valence-electron chi connectivity index (χ1n) is 3.65. The summed E-state index contributed by atoms with van der Waals surface area (Å²) in [6.07, 6.45) is 6.08. The molecule has 0 bridgehead atoms. The molecule has 2 N–H and O–H groups in total. The maximum absolute atomic E-state index is 8.81. The van der Waals surface area contributed by atoms with E-state index in [1.165, 1.54) is 0 Å². The minimum atomic E-state index is 0.0781. The average molecular weight is 154 g/mol. The molecule has 0 fully saturated rings. The van der Waals surface area contributed by atoms with Crippen LogP contribution in [0.5, 0.6) is 0 Å². The van der Waals surface area contributed by atoms with Crippen LogP contribution in [0, 0.1) is 0 Å². The summed E-state index contributed by atoms with van der Waals surface area (Å²) < 4.78 is 0. The molecular weight excluding hydrogens is 140 g/mol. The first kappa shape index (κ1) is 8.30. The molecule has 0 radical (unpaired) electrons. The standard InChI is InChI=1S/C8H14N2O/c1-10(2)8-5-3-4-7(6-11)9-8/h3-5,8-9,11H,6H2,1-2H3. The molecular formula is C8H14N2O. The summed E-state index contributed by atoms with van der Waals surface area (Å²) in [5.74, 6) is 0. The van der Waals surface area contributed by atoms with Gasteiger partial charge in [-0.15, -0.1) is 0 Å². The molecule has 1 heterocycles. The molecule has 0 aromatic heterocycles. The van der Waals surface area contributed by atoms with Gasteiger partial charge in [-0.05, 0) is 26.2 Å². The molecule has 0 amide bonds. The second kappa shape index (κ2) is 3.55. The number of hydrogen-bond donors (Lipinski definition) is 2. The van der Waals surface area contributed by atoms with Crippen molar-refractivity contribution in [2.45, 2.75) is 6.17 Å². The van der Waals surface area contributed by atoms with Crippen molar-refractivity contribution in [1.29, 1.82) is 0 Å². The zero-order valence-corrected chi connectivity index (χ0v) is 6.91. The Morgan fingerprint density at radius 3 is 2.91 bits per heavy atom. The summed E-state index contributed by atoms with van der Waals surface area (Å²) in [5, 5.41) is 12.0. The molecule has 1 rings (SSSR count). The third-order valence-electron chi connectivity index (χ3n) is 1.65. The SMILES string of the molecule is CN(C)C1C=CC=C(CO)N1. The molecule has 62 valence electrons. The minimum absolute atomic E-state index is 0.0781. The molecule has 0 aliphatic carbocycles. The van der Waals surface area contributed by atoms with Crippen LogP contribution in [-0.2, 0) is 0 Å². The average Bonchev–Trinajstić information content (AvgIpc) is 2.05. The van der Waals surface area contributed by atoms with Crippen LogP contribution in [0.25, 0.3) is 0 Å². The number of allylic oxidation sites excluding steroid dienone is 2. The number of nitrogens with zero attached hydrogens (tertiary/aromatic N) is 1. The van der Waals surface area contributed by atoms with E-state index < -0.39 is 0 Å². The lowest BCUT2D eigenvalue weighted by molar-refractivity contribution is 0.274. The summed E-state index contributed by atoms with van der Waals surface area (Å²) in [5.41, 5.74) is 0.867. The van der Waals surface area contributed by atoms with E-state index in [0.29, 0.717) is 0 Å². The van der Waals surface area contributed by atoms with E-state index >= 15 is 0 Å². The van der Waals surface area contributed by atoms with E-state index in [1.54, 1.807) is 0 Å². The molecule has 0 aromatic rings. The minimum Gasteiger partial charge on any atom is -0.390 e. The van der Waals surface area contributed by atoms with E-state index in [4.69, 9.17) is 5.11 Å². The van der Waals surface area contributed by atoms with Crippen LogP contribution in [0.1, 0.15) is 0 Å². The summed E-state index contributed by atoms with van der Waals surface area (Å²) in [4.78, 5) is 2.04. The first-order chi connectivity index (χ1) is 5.24. The molecule has 0 saturated heterocycles. The largest absolute Gasteiger partial charge is 0.390 e. The van der Waals surface area contributed by atoms with Crippen LogP contribution < -0.4 is 5.32 Å². The Bertz CT molecular complexity index is 185. The van der Waals surface area contributed by atoms with Crippen molar-refractivity contribution in [3.63, 3.8) is 0 Å². The second-order valence-electron chi connectivity index (χ2n) is 2.79. The van der Waals surface area contributed by atoms with E-state index in [0.717, 1.165) is 5.70 Å². The fourth-order valence-corrected chi connectivity index (χ4v) is 0.963. The van der Waals surface area contributed by atoms with E-state index in [9.17, 15) is 0 Å². The monoisotopic (exact) mass is 154 g/mol. The van der Waals surface area contributed by atoms with Crippen molar-refractivity contribution in [2.75, 3.05) is 20.7 Å². The van der Waals surface area contributed by atoms with Crippen LogP contribution in [0.3, 0.4) is 0 Å². The summed E-state index contributed by atoms with van der Waals surface area (Å²) in [7, 11) is 3.98. The maximum atomic E-state index is 8.81. The van der Waals surface area contributed by atoms with E-state index in [1.807, 2.05) is 37.2 Å². The Labute approximate surface area is 67.0 Å². The van der Waals surface area contributed by atoms with Gasteiger partial charge in [-0.2, -0.15) is 0 Å². The van der Waals surface area contributed by atoms with Gasteiger partial charge < -0.3 is 10.4 Å². The maximum Gasteiger partial charge on any atom is 0.0982 e. The normalized spacial score (nSPS) is 23.3. The van der Waals surface area contributed by atoms with Gasteiger partial charge in [0.05, 0.1) is 12.8 Å². The Hall–Kier alpha value is -0.800. The molecule has 1 aliphatic rings. The van der Waals surface area contributed by atoms with Gasteiger partial charge in [0, 0.05) is 5.70 Å². The van der Waals surface area contributed by atoms with Gasteiger partial charge in [-0.3, -0.25) is 4.90 Å². The highest BCUT2D eigenvalue weighted by Crippen LogP contribution is 2.02. The van der Waals surface area contributed by atoms with Gasteiger partial charge >= 0.3 is 0 Å². The molecule has 1 unspecified atom stereocenters. The van der Waals surface area contributed by atoms with Gasteiger partial charge in [0.15, 0.2) is 0 Å². The van der Waals surface area contributed by atoms with Crippen LogP contribution in [-0.4, -0.2) is 36.9 Å². The Morgan fingerprint density at radius 2 is 2.36 bits per heavy atom. The zero-order chi connectivity index (χ0) is 8.27. The third-order valence-corrected chi connectivity index (χ3v) is 1.65. The number of nitrogens with one attached hydrogen (secondary N) is 1. The Kier molecular flexibility index (Phi) is 2.68. The highest BCUT2D eigenvalue weighted by molar-refractivity contribution is 5.19. The zero-order valence-electron chi connectivity index (χ0n) is 6.91. The van der Waals surface area contributed by atoms with Gasteiger partial charge in [-0.1, -0.05) is 6.08 Å². The van der Waals surface area contributed by atoms with Crippen molar-refractivity contribution in [2.24, 2.45) is 0 Å². The van der Waals surface area contributed by atoms with Gasteiger partial charge in [0.2, 0.25) is 0 Å². The highest BCUT2D eigenvalue weighted by Gasteiger charge is 2.09. The summed E-state index contributed by atoms with van der Waals surface area (Å²) in [6, 6.07) is 0. The quantitative estimate of drug-likeness (QED) is 0.583. The van der Waals surface area contributed by atoms with Crippen molar-refractivity contribution < 1.29 is 5.11 Å². The lowest BCUT2D eigenvalue weighted by Crippen LogP contribution is -2.41. The van der Waals surface area contributed by atoms with Crippen LogP contribution in [0.15, 0.2) is 23.9 Å². The lowest BCUT2D eigenvalue weighted by Gasteiger charge is -2.26. The van der Waals surface area contributed by atoms with Crippen molar-refractivity contribution >= 4 is 0 Å². The fourth-order valence-electron chi connectivity index (χ4n) is 0.963. The third kappa shape index (κ3) is 2.06. The number of rotatable bonds is 2. The Morgan fingerprint density at radius 1 is 1.64 bits per heavy atom. The van der Waals surface area contributed by atoms with Crippen molar-refractivity contribution in [1.82, 2.24) is 10.2 Å². The topological polar surface area (TPSA) is 35.5 Å². The molecule has 0 saturated carbocycles. The van der Waals surface area contributed by atoms with Crippen molar-refractivity contribution in [3.05, 3.63) is 23.9 Å². The predicted octanol–water partition coefficient (Wildman–Crippen LogP) is -0.0903. The predicted molar refractivity (Wildman–Crippen MR) is 44.9 cm³/mol. The first-order valence-corrected chi connectivity index (χ1v) is 3.65. The van der Waals surface area contributed by atoms with E-state index in [-0.39, 0.29) is 12.8 Å². The molecule has 11 heavy (non-hydrogen) atoms. The molecule has 0 spiro atoms. The van der Waals surface area contributed by atoms with Crippen LogP contribution in [0.2, 0.25) is 0 Å². The number of aliphatic hydroxyl groups excluding tert-OH is 1. The summed E-state index contributed by atoms with van der Waals surface area (Å²) in [6.45, 7) is 0.0781. The number of hydrogen-bond acceptors (Lipinski definition) is 3. The summed E-state index contributed by atoms with van der Waals surface area (Å²) >= 11 is 0. The molecule has 3 nitrogen and oxygen atoms in total. The van der Waals surface area contributed by atoms with Gasteiger partial charge in [0.1, 0.15) is 0 Å². The number of likely N-dealkylation sites (N-methyl/N-ethyl adjacent to an activating group) is 1. The molecule has 0 aromatic carbocycles. The van der Waals surface area contributed by atoms with Gasteiger partial charge in [-0.25, -0.2) is 0 Å². The highest BCUT2D eigenvalue weighted by atomic mass is 16.3. The van der Waals surface area contributed by atoms with Crippen molar-refractivity contribution in [3.8, 4) is 0 Å². The van der Waals surface area contributed by atoms with Gasteiger partial charge in [0.25, 0.3) is 0 Å². The second-order valence-corrected chi connectivity index (χ2v) is 2.79. The number of aliphatic hydroxyl groups is 1. The molecule has 1 aliphatic heterocycles. The lowest BCUT2D eigenvalue weighted by atomic mass is 10.2. The smallest absolute Gasteiger partial charge is 0.0982 e. The molecule has 3 heteroatoms. The fraction of sp³-hybridized carbons (Fsp3) is 0.500.